The summed E-state index contributed by atoms with van der Waals surface area (Å²) in [5, 5.41) is 14.0. The Balaban J connectivity index is 2.25. The predicted octanol–water partition coefficient (Wildman–Crippen LogP) is 1.53. The van der Waals surface area contributed by atoms with Crippen molar-refractivity contribution in [2.24, 2.45) is 0 Å². The Bertz CT molecular complexity index is 476. The topological polar surface area (TPSA) is 37.2 Å². The summed E-state index contributed by atoms with van der Waals surface area (Å²) >= 11 is 0. The predicted molar refractivity (Wildman–Crippen MR) is 66.6 cm³/mol. The summed E-state index contributed by atoms with van der Waals surface area (Å²) < 4.78 is 2.09. The lowest BCUT2D eigenvalue weighted by atomic mass is 10.2. The average molecular weight is 218 g/mol. The molecule has 0 amide bonds. The van der Waals surface area contributed by atoms with E-state index in [9.17, 15) is 5.11 Å². The van der Waals surface area contributed by atoms with Crippen LogP contribution >= 0.6 is 0 Å². The van der Waals surface area contributed by atoms with Gasteiger partial charge in [-0.15, -0.1) is 0 Å². The molecule has 1 heterocycles. The zero-order valence-corrected chi connectivity index (χ0v) is 9.77. The van der Waals surface area contributed by atoms with Gasteiger partial charge in [0.1, 0.15) is 0 Å². The summed E-state index contributed by atoms with van der Waals surface area (Å²) in [6, 6.07) is 8.46. The molecule has 0 aliphatic rings. The molecule has 0 fully saturated rings. The fourth-order valence-electron chi connectivity index (χ4n) is 2.01. The molecule has 2 N–H and O–H groups in total. The van der Waals surface area contributed by atoms with Crippen LogP contribution in [0.4, 0.5) is 0 Å². The van der Waals surface area contributed by atoms with Crippen LogP contribution in [0.15, 0.2) is 30.5 Å². The summed E-state index contributed by atoms with van der Waals surface area (Å²) in [7, 11) is 1.85. The molecule has 3 heteroatoms. The maximum absolute atomic E-state index is 9.75. The van der Waals surface area contributed by atoms with Crippen molar-refractivity contribution < 1.29 is 5.11 Å². The molecular weight excluding hydrogens is 200 g/mol. The third kappa shape index (κ3) is 2.26. The molecule has 0 saturated heterocycles. The van der Waals surface area contributed by atoms with E-state index in [4.69, 9.17) is 0 Å². The molecule has 16 heavy (non-hydrogen) atoms. The molecule has 3 nitrogen and oxygen atoms in total. The van der Waals surface area contributed by atoms with Gasteiger partial charge in [-0.05, 0) is 37.6 Å². The Morgan fingerprint density at radius 1 is 1.38 bits per heavy atom. The van der Waals surface area contributed by atoms with E-state index in [1.165, 1.54) is 16.5 Å². The third-order valence-electron chi connectivity index (χ3n) is 2.77. The van der Waals surface area contributed by atoms with Gasteiger partial charge in [-0.2, -0.15) is 0 Å². The second-order valence-electron chi connectivity index (χ2n) is 4.24. The van der Waals surface area contributed by atoms with E-state index in [1.807, 2.05) is 13.2 Å². The maximum Gasteiger partial charge on any atom is 0.0843 e. The molecule has 0 saturated carbocycles. The van der Waals surface area contributed by atoms with Crippen molar-refractivity contribution in [3.05, 3.63) is 36.0 Å². The second kappa shape index (κ2) is 4.68. The molecule has 0 bridgehead atoms. The van der Waals surface area contributed by atoms with Gasteiger partial charge in [-0.25, -0.2) is 0 Å². The Hall–Kier alpha value is -1.32. The van der Waals surface area contributed by atoms with Crippen LogP contribution in [-0.4, -0.2) is 29.4 Å². The lowest BCUT2D eigenvalue weighted by molar-refractivity contribution is 0.155. The number of aliphatic hydroxyl groups excluding tert-OH is 1. The molecule has 1 aromatic carbocycles. The third-order valence-corrected chi connectivity index (χ3v) is 2.77. The largest absolute Gasteiger partial charge is 0.390 e. The summed E-state index contributed by atoms with van der Waals surface area (Å²) in [6.45, 7) is 3.34. The number of likely N-dealkylation sites (N-methyl/N-ethyl adjacent to an activating group) is 1. The van der Waals surface area contributed by atoms with Gasteiger partial charge in [0.05, 0.1) is 6.10 Å². The molecule has 0 aliphatic heterocycles. The summed E-state index contributed by atoms with van der Waals surface area (Å²) in [5.41, 5.74) is 2.45. The lowest BCUT2D eigenvalue weighted by Crippen LogP contribution is -2.27. The molecule has 2 aromatic rings. The standard InChI is InChI=1S/C13H18N2O/c1-10-3-4-13-11(7-10)5-6-15(13)9-12(16)8-14-2/h3-7,12,14,16H,8-9H2,1-2H3. The van der Waals surface area contributed by atoms with Gasteiger partial charge in [0.25, 0.3) is 0 Å². The minimum atomic E-state index is -0.345. The molecule has 0 spiro atoms. The van der Waals surface area contributed by atoms with Crippen molar-refractivity contribution in [2.45, 2.75) is 19.6 Å². The number of fused-ring (bicyclic) bond motifs is 1. The van der Waals surface area contributed by atoms with E-state index in [2.05, 4.69) is 41.1 Å². The minimum Gasteiger partial charge on any atom is -0.390 e. The number of aryl methyl sites for hydroxylation is 1. The SMILES string of the molecule is CNCC(O)Cn1ccc2cc(C)ccc21. The van der Waals surface area contributed by atoms with Crippen molar-refractivity contribution in [3.63, 3.8) is 0 Å². The number of nitrogens with zero attached hydrogens (tertiary/aromatic N) is 1. The number of aliphatic hydroxyl groups is 1. The molecule has 86 valence electrons. The van der Waals surface area contributed by atoms with Crippen LogP contribution in [0.2, 0.25) is 0 Å². The molecule has 0 aliphatic carbocycles. The highest BCUT2D eigenvalue weighted by atomic mass is 16.3. The fraction of sp³-hybridized carbons (Fsp3) is 0.385. The van der Waals surface area contributed by atoms with E-state index in [0.717, 1.165) is 0 Å². The smallest absolute Gasteiger partial charge is 0.0843 e. The molecule has 2 rings (SSSR count). The highest BCUT2D eigenvalue weighted by Crippen LogP contribution is 2.17. The normalized spacial score (nSPS) is 13.2. The quantitative estimate of drug-likeness (QED) is 0.816. The number of hydrogen-bond donors (Lipinski definition) is 2. The van der Waals surface area contributed by atoms with E-state index < -0.39 is 0 Å². The van der Waals surface area contributed by atoms with Gasteiger partial charge in [0.2, 0.25) is 0 Å². The number of nitrogens with one attached hydrogen (secondary N) is 1. The highest BCUT2D eigenvalue weighted by Gasteiger charge is 2.06. The molecule has 1 unspecified atom stereocenters. The van der Waals surface area contributed by atoms with Crippen molar-refractivity contribution in [3.8, 4) is 0 Å². The minimum absolute atomic E-state index is 0.345. The van der Waals surface area contributed by atoms with Crippen LogP contribution in [0.3, 0.4) is 0 Å². The van der Waals surface area contributed by atoms with E-state index in [-0.39, 0.29) is 6.10 Å². The van der Waals surface area contributed by atoms with Crippen LogP contribution in [0, 0.1) is 6.92 Å². The molecular formula is C13H18N2O. The van der Waals surface area contributed by atoms with Crippen molar-refractivity contribution in [1.29, 1.82) is 0 Å². The Morgan fingerprint density at radius 3 is 2.94 bits per heavy atom. The zero-order valence-electron chi connectivity index (χ0n) is 9.77. The van der Waals surface area contributed by atoms with E-state index >= 15 is 0 Å². The maximum atomic E-state index is 9.75. The second-order valence-corrected chi connectivity index (χ2v) is 4.24. The van der Waals surface area contributed by atoms with Gasteiger partial charge >= 0.3 is 0 Å². The van der Waals surface area contributed by atoms with Crippen LogP contribution in [-0.2, 0) is 6.54 Å². The summed E-state index contributed by atoms with van der Waals surface area (Å²) in [4.78, 5) is 0. The van der Waals surface area contributed by atoms with Crippen LogP contribution < -0.4 is 5.32 Å². The number of rotatable bonds is 4. The monoisotopic (exact) mass is 218 g/mol. The van der Waals surface area contributed by atoms with Crippen molar-refractivity contribution >= 4 is 10.9 Å². The first-order valence-corrected chi connectivity index (χ1v) is 5.59. The van der Waals surface area contributed by atoms with Crippen LogP contribution in [0.1, 0.15) is 5.56 Å². The van der Waals surface area contributed by atoms with E-state index in [0.29, 0.717) is 13.1 Å². The molecule has 1 atom stereocenters. The number of aromatic nitrogens is 1. The lowest BCUT2D eigenvalue weighted by Gasteiger charge is -2.12. The highest BCUT2D eigenvalue weighted by molar-refractivity contribution is 5.80. The molecule has 1 aromatic heterocycles. The first-order valence-electron chi connectivity index (χ1n) is 5.59. The fourth-order valence-corrected chi connectivity index (χ4v) is 2.01. The number of hydrogen-bond acceptors (Lipinski definition) is 2. The summed E-state index contributed by atoms with van der Waals surface area (Å²) in [6.07, 6.45) is 1.69. The van der Waals surface area contributed by atoms with Gasteiger partial charge < -0.3 is 15.0 Å². The Kier molecular flexibility index (Phi) is 3.27. The Labute approximate surface area is 95.7 Å². The molecule has 0 radical (unpaired) electrons. The van der Waals surface area contributed by atoms with Gasteiger partial charge in [0.15, 0.2) is 0 Å². The Morgan fingerprint density at radius 2 is 2.19 bits per heavy atom. The van der Waals surface area contributed by atoms with Crippen molar-refractivity contribution in [2.75, 3.05) is 13.6 Å². The van der Waals surface area contributed by atoms with Crippen molar-refractivity contribution in [1.82, 2.24) is 9.88 Å². The zero-order chi connectivity index (χ0) is 11.5. The average Bonchev–Trinajstić information content (AvgIpc) is 2.61. The first kappa shape index (κ1) is 11.2. The number of benzene rings is 1. The van der Waals surface area contributed by atoms with Gasteiger partial charge in [0, 0.05) is 24.8 Å². The first-order chi connectivity index (χ1) is 7.70. The van der Waals surface area contributed by atoms with Crippen LogP contribution in [0.25, 0.3) is 10.9 Å². The van der Waals surface area contributed by atoms with E-state index in [1.54, 1.807) is 0 Å². The van der Waals surface area contributed by atoms with Crippen LogP contribution in [0.5, 0.6) is 0 Å². The summed E-state index contributed by atoms with van der Waals surface area (Å²) in [5.74, 6) is 0. The van der Waals surface area contributed by atoms with Gasteiger partial charge in [-0.1, -0.05) is 11.6 Å². The van der Waals surface area contributed by atoms with Gasteiger partial charge in [-0.3, -0.25) is 0 Å².